The van der Waals surface area contributed by atoms with Crippen molar-refractivity contribution in [2.45, 2.75) is 43.1 Å². The van der Waals surface area contributed by atoms with Crippen molar-refractivity contribution in [3.05, 3.63) is 0 Å². The van der Waals surface area contributed by atoms with Crippen LogP contribution in [0.1, 0.15) is 25.7 Å². The number of carbonyl (C=O) groups is 2. The zero-order valence-corrected chi connectivity index (χ0v) is 11.7. The normalized spacial score (nSPS) is 36.3. The predicted molar refractivity (Wildman–Crippen MR) is 64.8 cm³/mol. The molecule has 0 aromatic heterocycles. The molecule has 6 nitrogen and oxygen atoms in total. The lowest BCUT2D eigenvalue weighted by Gasteiger charge is -2.47. The number of aliphatic carboxylic acids is 1. The highest BCUT2D eigenvalue weighted by molar-refractivity contribution is 5.82. The Labute approximate surface area is 123 Å². The summed E-state index contributed by atoms with van der Waals surface area (Å²) in [6.07, 6.45) is -4.54. The summed E-state index contributed by atoms with van der Waals surface area (Å²) >= 11 is 0. The third-order valence-electron chi connectivity index (χ3n) is 5.33. The SMILES string of the molecule is O=C(N1CCC2(CC1)OC1(CO)CC2(C(=O)O)C1)C(F)(F)F. The van der Waals surface area contributed by atoms with Gasteiger partial charge in [0.1, 0.15) is 5.41 Å². The largest absolute Gasteiger partial charge is 0.481 e. The zero-order chi connectivity index (χ0) is 16.4. The number of aliphatic hydroxyl groups is 1. The molecule has 2 N–H and O–H groups in total. The second-order valence-corrected chi connectivity index (χ2v) is 6.47. The fraction of sp³-hybridized carbons (Fsp3) is 0.846. The second kappa shape index (κ2) is 4.35. The summed E-state index contributed by atoms with van der Waals surface area (Å²) in [6.45, 7) is -0.710. The van der Waals surface area contributed by atoms with E-state index in [2.05, 4.69) is 0 Å². The van der Waals surface area contributed by atoms with Gasteiger partial charge in [-0.2, -0.15) is 13.2 Å². The van der Waals surface area contributed by atoms with Crippen molar-refractivity contribution in [1.82, 2.24) is 4.90 Å². The monoisotopic (exact) mass is 323 g/mol. The number of rotatable bonds is 2. The minimum absolute atomic E-state index is 0.0306. The van der Waals surface area contributed by atoms with Gasteiger partial charge in [0.2, 0.25) is 0 Å². The number of alkyl halides is 3. The average molecular weight is 323 g/mol. The fourth-order valence-electron chi connectivity index (χ4n) is 4.28. The van der Waals surface area contributed by atoms with Crippen LogP contribution in [0.4, 0.5) is 13.2 Å². The maximum absolute atomic E-state index is 12.5. The van der Waals surface area contributed by atoms with Gasteiger partial charge in [-0.05, 0) is 25.7 Å². The Hall–Kier alpha value is -1.35. The Balaban J connectivity index is 1.78. The molecule has 4 fully saturated rings. The molecule has 3 aliphatic heterocycles. The van der Waals surface area contributed by atoms with Crippen LogP contribution in [0.25, 0.3) is 0 Å². The molecule has 9 heteroatoms. The minimum atomic E-state index is -4.93. The van der Waals surface area contributed by atoms with Crippen molar-refractivity contribution >= 4 is 11.9 Å². The van der Waals surface area contributed by atoms with Gasteiger partial charge in [0.05, 0.1) is 17.8 Å². The van der Waals surface area contributed by atoms with Crippen molar-refractivity contribution < 1.29 is 37.7 Å². The zero-order valence-electron chi connectivity index (χ0n) is 11.7. The molecule has 1 aliphatic carbocycles. The molecule has 0 aromatic carbocycles. The lowest BCUT2D eigenvalue weighted by Crippen LogP contribution is -2.59. The van der Waals surface area contributed by atoms with Gasteiger partial charge < -0.3 is 19.8 Å². The molecule has 2 bridgehead atoms. The van der Waals surface area contributed by atoms with Gasteiger partial charge in [0, 0.05) is 13.1 Å². The van der Waals surface area contributed by atoms with E-state index in [1.807, 2.05) is 0 Å². The summed E-state index contributed by atoms with van der Waals surface area (Å²) in [7, 11) is 0. The number of ether oxygens (including phenoxy) is 1. The maximum atomic E-state index is 12.5. The van der Waals surface area contributed by atoms with E-state index in [-0.39, 0.29) is 45.4 Å². The standard InChI is InChI=1S/C13H16F3NO5/c14-13(15,16)8(19)17-3-1-12(2-4-17)11(9(20)21)5-10(6-11,7-18)22-12/h18H,1-7H2,(H,20,21). The van der Waals surface area contributed by atoms with Crippen LogP contribution in [0, 0.1) is 5.41 Å². The molecule has 0 atom stereocenters. The van der Waals surface area contributed by atoms with E-state index >= 15 is 0 Å². The molecule has 124 valence electrons. The average Bonchev–Trinajstić information content (AvgIpc) is 2.83. The summed E-state index contributed by atoms with van der Waals surface area (Å²) < 4.78 is 43.2. The second-order valence-electron chi connectivity index (χ2n) is 6.47. The van der Waals surface area contributed by atoms with E-state index in [0.717, 1.165) is 0 Å². The summed E-state index contributed by atoms with van der Waals surface area (Å²) in [5.74, 6) is -2.96. The number of carboxylic acid groups (broad SMARTS) is 1. The molecule has 0 aromatic rings. The van der Waals surface area contributed by atoms with Gasteiger partial charge >= 0.3 is 18.1 Å². The van der Waals surface area contributed by atoms with Crippen LogP contribution in [0.2, 0.25) is 0 Å². The third-order valence-corrected chi connectivity index (χ3v) is 5.33. The molecular formula is C13H16F3NO5. The van der Waals surface area contributed by atoms with Crippen LogP contribution >= 0.6 is 0 Å². The number of amides is 1. The summed E-state index contributed by atoms with van der Waals surface area (Å²) in [5, 5.41) is 18.9. The van der Waals surface area contributed by atoms with Crippen molar-refractivity contribution in [2.24, 2.45) is 5.41 Å². The highest BCUT2D eigenvalue weighted by Crippen LogP contribution is 2.69. The molecule has 3 saturated heterocycles. The number of carboxylic acids is 1. The van der Waals surface area contributed by atoms with E-state index in [1.54, 1.807) is 0 Å². The first kappa shape index (κ1) is 15.5. The lowest BCUT2D eigenvalue weighted by atomic mass is 9.54. The van der Waals surface area contributed by atoms with Crippen molar-refractivity contribution in [2.75, 3.05) is 19.7 Å². The number of aliphatic hydroxyl groups excluding tert-OH is 1. The maximum Gasteiger partial charge on any atom is 0.471 e. The van der Waals surface area contributed by atoms with Crippen LogP contribution in [-0.4, -0.2) is 64.1 Å². The Kier molecular flexibility index (Phi) is 3.07. The van der Waals surface area contributed by atoms with Gasteiger partial charge in [0.15, 0.2) is 0 Å². The summed E-state index contributed by atoms with van der Waals surface area (Å²) in [4.78, 5) is 23.6. The molecule has 1 saturated carbocycles. The van der Waals surface area contributed by atoms with E-state index in [4.69, 9.17) is 4.74 Å². The highest BCUT2D eigenvalue weighted by atomic mass is 19.4. The molecule has 0 unspecified atom stereocenters. The van der Waals surface area contributed by atoms with Crippen LogP contribution in [0.5, 0.6) is 0 Å². The van der Waals surface area contributed by atoms with Gasteiger partial charge in [-0.15, -0.1) is 0 Å². The number of nitrogens with zero attached hydrogens (tertiary/aromatic N) is 1. The number of halogens is 3. The summed E-state index contributed by atoms with van der Waals surface area (Å²) in [6, 6.07) is 0. The molecule has 3 heterocycles. The third kappa shape index (κ3) is 1.81. The van der Waals surface area contributed by atoms with Crippen molar-refractivity contribution in [1.29, 1.82) is 0 Å². The van der Waals surface area contributed by atoms with Crippen molar-refractivity contribution in [3.63, 3.8) is 0 Å². The Bertz CT molecular complexity index is 518. The van der Waals surface area contributed by atoms with Gasteiger partial charge in [0.25, 0.3) is 0 Å². The first-order valence-corrected chi connectivity index (χ1v) is 7.00. The number of carbonyl (C=O) groups excluding carboxylic acids is 1. The van der Waals surface area contributed by atoms with E-state index < -0.39 is 34.7 Å². The molecule has 22 heavy (non-hydrogen) atoms. The minimum Gasteiger partial charge on any atom is -0.481 e. The highest BCUT2D eigenvalue weighted by Gasteiger charge is 2.78. The number of likely N-dealkylation sites (tertiary alicyclic amines) is 1. The Morgan fingerprint density at radius 1 is 1.18 bits per heavy atom. The molecule has 4 rings (SSSR count). The first-order valence-electron chi connectivity index (χ1n) is 7.00. The van der Waals surface area contributed by atoms with Crippen LogP contribution < -0.4 is 0 Å². The van der Waals surface area contributed by atoms with Gasteiger partial charge in [-0.25, -0.2) is 0 Å². The number of hydrogen-bond donors (Lipinski definition) is 2. The van der Waals surface area contributed by atoms with E-state index in [0.29, 0.717) is 4.90 Å². The van der Waals surface area contributed by atoms with E-state index in [9.17, 15) is 33.0 Å². The number of piperidine rings is 1. The lowest BCUT2D eigenvalue weighted by molar-refractivity contribution is -0.191. The molecule has 1 amide bonds. The molecular weight excluding hydrogens is 307 g/mol. The number of hydrogen-bond acceptors (Lipinski definition) is 4. The Morgan fingerprint density at radius 2 is 1.73 bits per heavy atom. The van der Waals surface area contributed by atoms with Crippen molar-refractivity contribution in [3.8, 4) is 0 Å². The van der Waals surface area contributed by atoms with Gasteiger partial charge in [-0.3, -0.25) is 9.59 Å². The topological polar surface area (TPSA) is 87.1 Å². The van der Waals surface area contributed by atoms with Crippen LogP contribution in [0.15, 0.2) is 0 Å². The summed E-state index contributed by atoms with van der Waals surface area (Å²) in [5.41, 5.74) is -3.15. The Morgan fingerprint density at radius 3 is 2.14 bits per heavy atom. The fourth-order valence-corrected chi connectivity index (χ4v) is 4.28. The molecule has 0 radical (unpaired) electrons. The quantitative estimate of drug-likeness (QED) is 0.774. The van der Waals surface area contributed by atoms with Gasteiger partial charge in [-0.1, -0.05) is 0 Å². The van der Waals surface area contributed by atoms with E-state index in [1.165, 1.54) is 0 Å². The molecule has 1 spiro atoms. The van der Waals surface area contributed by atoms with Crippen LogP contribution in [0.3, 0.4) is 0 Å². The smallest absolute Gasteiger partial charge is 0.471 e. The molecule has 4 aliphatic rings. The predicted octanol–water partition coefficient (Wildman–Crippen LogP) is 0.536. The first-order chi connectivity index (χ1) is 10.1. The van der Waals surface area contributed by atoms with Crippen LogP contribution in [-0.2, 0) is 14.3 Å².